The summed E-state index contributed by atoms with van der Waals surface area (Å²) in [6.45, 7) is 0. The largest absolute Gasteiger partial charge is 0.573 e. The lowest BCUT2D eigenvalue weighted by Crippen LogP contribution is -2.17. The van der Waals surface area contributed by atoms with Crippen LogP contribution in [0.5, 0.6) is 5.75 Å². The lowest BCUT2D eigenvalue weighted by Gasteiger charge is -2.12. The van der Waals surface area contributed by atoms with Crippen LogP contribution in [0.4, 0.5) is 13.2 Å². The van der Waals surface area contributed by atoms with Crippen LogP contribution in [0.15, 0.2) is 28.9 Å². The van der Waals surface area contributed by atoms with Crippen molar-refractivity contribution in [2.45, 2.75) is 12.8 Å². The number of hydrogen-bond donors (Lipinski definition) is 1. The first-order valence-corrected chi connectivity index (χ1v) is 6.22. The van der Waals surface area contributed by atoms with Gasteiger partial charge in [-0.05, 0) is 34.1 Å². The molecule has 0 spiro atoms. The van der Waals surface area contributed by atoms with E-state index in [0.717, 1.165) is 6.07 Å². The standard InChI is InChI=1S/C11H7BrF3N3O3/c12-8-3-6(1-2-9(8)21-11(13,14)15)18-7(4-10(19)20)5-16-17-18/h1-3,5H,4H2,(H,19,20). The third kappa shape index (κ3) is 3.94. The summed E-state index contributed by atoms with van der Waals surface area (Å²) in [6, 6.07) is 3.73. The molecule has 0 saturated carbocycles. The molecule has 10 heteroatoms. The van der Waals surface area contributed by atoms with Crippen molar-refractivity contribution in [1.29, 1.82) is 0 Å². The van der Waals surface area contributed by atoms with E-state index in [-0.39, 0.29) is 10.9 Å². The van der Waals surface area contributed by atoms with E-state index in [2.05, 4.69) is 31.0 Å². The molecule has 0 saturated heterocycles. The number of carbonyl (C=O) groups is 1. The van der Waals surface area contributed by atoms with Gasteiger partial charge >= 0.3 is 12.3 Å². The predicted octanol–water partition coefficient (Wildman–Crippen LogP) is 2.56. The number of alkyl halides is 3. The lowest BCUT2D eigenvalue weighted by molar-refractivity contribution is -0.274. The molecule has 1 heterocycles. The summed E-state index contributed by atoms with van der Waals surface area (Å²) in [5.41, 5.74) is 0.643. The van der Waals surface area contributed by atoms with Crippen molar-refractivity contribution in [2.24, 2.45) is 0 Å². The van der Waals surface area contributed by atoms with E-state index in [1.807, 2.05) is 0 Å². The van der Waals surface area contributed by atoms with Crippen LogP contribution in [0.1, 0.15) is 5.69 Å². The summed E-state index contributed by atoms with van der Waals surface area (Å²) >= 11 is 2.96. The normalized spacial score (nSPS) is 11.4. The molecule has 0 aliphatic rings. The minimum Gasteiger partial charge on any atom is -0.481 e. The summed E-state index contributed by atoms with van der Waals surface area (Å²) < 4.78 is 41.6. The third-order valence-electron chi connectivity index (χ3n) is 2.34. The van der Waals surface area contributed by atoms with Gasteiger partial charge in [0.05, 0.1) is 28.5 Å². The van der Waals surface area contributed by atoms with Crippen molar-refractivity contribution >= 4 is 21.9 Å². The highest BCUT2D eigenvalue weighted by molar-refractivity contribution is 9.10. The summed E-state index contributed by atoms with van der Waals surface area (Å²) in [5, 5.41) is 16.1. The topological polar surface area (TPSA) is 77.2 Å². The van der Waals surface area contributed by atoms with E-state index in [1.54, 1.807) is 0 Å². The highest BCUT2D eigenvalue weighted by Gasteiger charge is 2.32. The molecule has 1 N–H and O–H groups in total. The molecule has 1 aromatic carbocycles. The fraction of sp³-hybridized carbons (Fsp3) is 0.182. The Kier molecular flexibility index (Phi) is 4.16. The Morgan fingerprint density at radius 1 is 1.43 bits per heavy atom. The zero-order valence-corrected chi connectivity index (χ0v) is 11.7. The molecule has 0 unspecified atom stereocenters. The summed E-state index contributed by atoms with van der Waals surface area (Å²) in [6.07, 6.45) is -3.85. The van der Waals surface area contributed by atoms with Crippen LogP contribution in [0, 0.1) is 0 Å². The van der Waals surface area contributed by atoms with Crippen LogP contribution in [0.2, 0.25) is 0 Å². The van der Waals surface area contributed by atoms with Gasteiger partial charge in [-0.2, -0.15) is 0 Å². The Labute approximate surface area is 124 Å². The molecule has 0 fully saturated rings. The summed E-state index contributed by atoms with van der Waals surface area (Å²) in [4.78, 5) is 10.7. The number of aliphatic carboxylic acids is 1. The maximum absolute atomic E-state index is 12.2. The van der Waals surface area contributed by atoms with Crippen LogP contribution in [-0.4, -0.2) is 32.4 Å². The number of rotatable bonds is 4. The van der Waals surface area contributed by atoms with E-state index < -0.39 is 18.1 Å². The first-order chi connectivity index (χ1) is 9.76. The van der Waals surface area contributed by atoms with E-state index in [9.17, 15) is 18.0 Å². The number of carboxylic acids is 1. The molecular formula is C11H7BrF3N3O3. The van der Waals surface area contributed by atoms with Crippen molar-refractivity contribution in [3.05, 3.63) is 34.6 Å². The molecule has 21 heavy (non-hydrogen) atoms. The van der Waals surface area contributed by atoms with Crippen LogP contribution < -0.4 is 4.74 Å². The van der Waals surface area contributed by atoms with Gasteiger partial charge in [-0.25, -0.2) is 4.68 Å². The second-order valence-corrected chi connectivity index (χ2v) is 4.72. The molecule has 0 bridgehead atoms. The van der Waals surface area contributed by atoms with Crippen molar-refractivity contribution in [1.82, 2.24) is 15.0 Å². The smallest absolute Gasteiger partial charge is 0.481 e. The van der Waals surface area contributed by atoms with Gasteiger partial charge in [-0.1, -0.05) is 5.21 Å². The Morgan fingerprint density at radius 3 is 2.71 bits per heavy atom. The fourth-order valence-corrected chi connectivity index (χ4v) is 2.03. The average Bonchev–Trinajstić information content (AvgIpc) is 2.77. The zero-order valence-electron chi connectivity index (χ0n) is 10.1. The second kappa shape index (κ2) is 5.72. The Balaban J connectivity index is 2.32. The molecule has 2 rings (SSSR count). The van der Waals surface area contributed by atoms with Crippen LogP contribution >= 0.6 is 15.9 Å². The van der Waals surface area contributed by atoms with Crippen molar-refractivity contribution in [3.8, 4) is 11.4 Å². The lowest BCUT2D eigenvalue weighted by atomic mass is 10.2. The van der Waals surface area contributed by atoms with Crippen molar-refractivity contribution < 1.29 is 27.8 Å². The summed E-state index contributed by atoms with van der Waals surface area (Å²) in [7, 11) is 0. The summed E-state index contributed by atoms with van der Waals surface area (Å²) in [5.74, 6) is -1.49. The number of nitrogens with zero attached hydrogens (tertiary/aromatic N) is 3. The Morgan fingerprint density at radius 2 is 2.14 bits per heavy atom. The second-order valence-electron chi connectivity index (χ2n) is 3.87. The van der Waals surface area contributed by atoms with E-state index in [1.165, 1.54) is 23.0 Å². The van der Waals surface area contributed by atoms with Gasteiger partial charge in [0.25, 0.3) is 0 Å². The van der Waals surface area contributed by atoms with Gasteiger partial charge in [0.2, 0.25) is 0 Å². The van der Waals surface area contributed by atoms with E-state index >= 15 is 0 Å². The third-order valence-corrected chi connectivity index (χ3v) is 2.96. The first kappa shape index (κ1) is 15.3. The highest BCUT2D eigenvalue weighted by atomic mass is 79.9. The number of benzene rings is 1. The van der Waals surface area contributed by atoms with Gasteiger partial charge in [-0.15, -0.1) is 18.3 Å². The molecule has 2 aromatic rings. The molecule has 0 aliphatic heterocycles. The quantitative estimate of drug-likeness (QED) is 0.900. The first-order valence-electron chi connectivity index (χ1n) is 5.43. The van der Waals surface area contributed by atoms with Crippen molar-refractivity contribution in [3.63, 3.8) is 0 Å². The predicted molar refractivity (Wildman–Crippen MR) is 67.1 cm³/mol. The van der Waals surface area contributed by atoms with Gasteiger partial charge in [-0.3, -0.25) is 4.79 Å². The molecular weight excluding hydrogens is 359 g/mol. The van der Waals surface area contributed by atoms with Gasteiger partial charge < -0.3 is 9.84 Å². The number of hydrogen-bond acceptors (Lipinski definition) is 4. The maximum atomic E-state index is 12.2. The number of aromatic nitrogens is 3. The molecule has 6 nitrogen and oxygen atoms in total. The van der Waals surface area contributed by atoms with E-state index in [4.69, 9.17) is 5.11 Å². The van der Waals surface area contributed by atoms with Crippen LogP contribution in [-0.2, 0) is 11.2 Å². The monoisotopic (exact) mass is 365 g/mol. The number of carboxylic acid groups (broad SMARTS) is 1. The van der Waals surface area contributed by atoms with Crippen LogP contribution in [0.25, 0.3) is 5.69 Å². The SMILES string of the molecule is O=C(O)Cc1cnnn1-c1ccc(OC(F)(F)F)c(Br)c1. The molecule has 0 radical (unpaired) electrons. The molecule has 0 aliphatic carbocycles. The van der Waals surface area contributed by atoms with Crippen LogP contribution in [0.3, 0.4) is 0 Å². The maximum Gasteiger partial charge on any atom is 0.573 e. The Hall–Kier alpha value is -2.10. The van der Waals surface area contributed by atoms with Gasteiger partial charge in [0.15, 0.2) is 0 Å². The molecule has 0 amide bonds. The van der Waals surface area contributed by atoms with E-state index in [0.29, 0.717) is 11.4 Å². The van der Waals surface area contributed by atoms with Gasteiger partial charge in [0, 0.05) is 0 Å². The molecule has 0 atom stereocenters. The minimum atomic E-state index is -4.80. The zero-order chi connectivity index (χ0) is 15.6. The van der Waals surface area contributed by atoms with Crippen molar-refractivity contribution in [2.75, 3.05) is 0 Å². The molecule has 1 aromatic heterocycles. The number of ether oxygens (including phenoxy) is 1. The van der Waals surface area contributed by atoms with Gasteiger partial charge in [0.1, 0.15) is 5.75 Å². The number of halogens is 4. The fourth-order valence-electron chi connectivity index (χ4n) is 1.58. The highest BCUT2D eigenvalue weighted by Crippen LogP contribution is 2.32. The average molecular weight is 366 g/mol. The molecule has 112 valence electrons. The minimum absolute atomic E-state index is 0.0501. The Bertz CT molecular complexity index is 672.